The Hall–Kier alpha value is -1.10. The molecule has 0 aliphatic heterocycles. The van der Waals surface area contributed by atoms with E-state index in [2.05, 4.69) is 15.2 Å². The van der Waals surface area contributed by atoms with Crippen LogP contribution in [0.2, 0.25) is 0 Å². The van der Waals surface area contributed by atoms with E-state index < -0.39 is 18.0 Å². The predicted molar refractivity (Wildman–Crippen MR) is 35.3 cm³/mol. The fourth-order valence-corrected chi connectivity index (χ4v) is 0.535. The fourth-order valence-electron chi connectivity index (χ4n) is 0.535. The number of hydrogen-bond donors (Lipinski definition) is 1. The third-order valence-electron chi connectivity index (χ3n) is 1.18. The number of methoxy groups -OCH3 is 2. The molecule has 0 aliphatic rings. The SMILES string of the molecule is COC(=O)CC([NH3+])C(=O)OC. The van der Waals surface area contributed by atoms with Crippen LogP contribution in [0.3, 0.4) is 0 Å². The summed E-state index contributed by atoms with van der Waals surface area (Å²) in [5.41, 5.74) is 3.42. The Morgan fingerprint density at radius 2 is 1.91 bits per heavy atom. The van der Waals surface area contributed by atoms with Crippen LogP contribution in [0.4, 0.5) is 0 Å². The summed E-state index contributed by atoms with van der Waals surface area (Å²) in [5.74, 6) is -0.967. The Labute approximate surface area is 64.5 Å². The van der Waals surface area contributed by atoms with Crippen molar-refractivity contribution in [2.45, 2.75) is 12.5 Å². The highest BCUT2D eigenvalue weighted by molar-refractivity contribution is 5.81. The van der Waals surface area contributed by atoms with Crippen molar-refractivity contribution in [1.82, 2.24) is 0 Å². The molecule has 11 heavy (non-hydrogen) atoms. The lowest BCUT2D eigenvalue weighted by Gasteiger charge is -2.03. The predicted octanol–water partition coefficient (Wildman–Crippen LogP) is -1.67. The average molecular weight is 162 g/mol. The molecule has 1 atom stereocenters. The van der Waals surface area contributed by atoms with E-state index in [1.54, 1.807) is 0 Å². The van der Waals surface area contributed by atoms with Crippen LogP contribution in [-0.4, -0.2) is 32.2 Å². The van der Waals surface area contributed by atoms with Crippen molar-refractivity contribution in [3.05, 3.63) is 0 Å². The molecule has 0 aromatic heterocycles. The maximum Gasteiger partial charge on any atom is 0.365 e. The van der Waals surface area contributed by atoms with Crippen LogP contribution in [-0.2, 0) is 19.1 Å². The summed E-state index contributed by atoms with van der Waals surface area (Å²) in [7, 11) is 2.50. The molecule has 0 spiro atoms. The lowest BCUT2D eigenvalue weighted by atomic mass is 10.2. The standard InChI is InChI=1S/C6H11NO4/c1-10-5(8)3-4(7)6(9)11-2/h4H,3,7H2,1-2H3/p+1. The molecule has 0 aromatic rings. The summed E-state index contributed by atoms with van der Waals surface area (Å²) >= 11 is 0. The molecule has 1 unspecified atom stereocenters. The van der Waals surface area contributed by atoms with Gasteiger partial charge < -0.3 is 15.2 Å². The van der Waals surface area contributed by atoms with Gasteiger partial charge in [-0.15, -0.1) is 0 Å². The Morgan fingerprint density at radius 1 is 1.36 bits per heavy atom. The van der Waals surface area contributed by atoms with Gasteiger partial charge in [0.25, 0.3) is 0 Å². The van der Waals surface area contributed by atoms with Crippen LogP contribution in [0.5, 0.6) is 0 Å². The Bertz CT molecular complexity index is 157. The van der Waals surface area contributed by atoms with Gasteiger partial charge in [0.15, 0.2) is 6.04 Å². The van der Waals surface area contributed by atoms with Gasteiger partial charge >= 0.3 is 11.9 Å². The highest BCUT2D eigenvalue weighted by Gasteiger charge is 2.21. The minimum atomic E-state index is -0.674. The summed E-state index contributed by atoms with van der Waals surface area (Å²) in [5, 5.41) is 0. The monoisotopic (exact) mass is 162 g/mol. The molecule has 5 nitrogen and oxygen atoms in total. The molecular formula is C6H12NO4+. The van der Waals surface area contributed by atoms with E-state index in [9.17, 15) is 9.59 Å². The van der Waals surface area contributed by atoms with Gasteiger partial charge in [-0.3, -0.25) is 4.79 Å². The van der Waals surface area contributed by atoms with Crippen molar-refractivity contribution in [2.24, 2.45) is 0 Å². The summed E-state index contributed by atoms with van der Waals surface area (Å²) in [6, 6.07) is -0.674. The molecule has 0 rings (SSSR count). The quantitative estimate of drug-likeness (QED) is 0.503. The summed E-state index contributed by atoms with van der Waals surface area (Å²) in [4.78, 5) is 21.2. The first-order valence-corrected chi connectivity index (χ1v) is 3.09. The molecule has 0 saturated carbocycles. The Kier molecular flexibility index (Phi) is 4.21. The number of esters is 2. The van der Waals surface area contributed by atoms with E-state index in [1.807, 2.05) is 0 Å². The number of hydrogen-bond acceptors (Lipinski definition) is 4. The van der Waals surface area contributed by atoms with Crippen molar-refractivity contribution in [3.8, 4) is 0 Å². The third kappa shape index (κ3) is 3.57. The van der Waals surface area contributed by atoms with E-state index in [4.69, 9.17) is 0 Å². The van der Waals surface area contributed by atoms with Crippen molar-refractivity contribution < 1.29 is 24.8 Å². The maximum absolute atomic E-state index is 10.7. The lowest BCUT2D eigenvalue weighted by Crippen LogP contribution is -2.65. The molecule has 0 bridgehead atoms. The highest BCUT2D eigenvalue weighted by Crippen LogP contribution is 1.90. The lowest BCUT2D eigenvalue weighted by molar-refractivity contribution is -0.407. The number of carbonyl (C=O) groups is 2. The molecular weight excluding hydrogens is 150 g/mol. The van der Waals surface area contributed by atoms with E-state index in [-0.39, 0.29) is 6.42 Å². The first kappa shape index (κ1) is 9.90. The zero-order chi connectivity index (χ0) is 8.85. The largest absolute Gasteiger partial charge is 0.469 e. The van der Waals surface area contributed by atoms with Crippen molar-refractivity contribution in [2.75, 3.05) is 14.2 Å². The highest BCUT2D eigenvalue weighted by atomic mass is 16.5. The van der Waals surface area contributed by atoms with Gasteiger partial charge in [-0.2, -0.15) is 0 Å². The molecule has 64 valence electrons. The maximum atomic E-state index is 10.7. The summed E-state index contributed by atoms with van der Waals surface area (Å²) in [6.07, 6.45) is -0.0385. The van der Waals surface area contributed by atoms with Gasteiger partial charge in [0.1, 0.15) is 6.42 Å². The topological polar surface area (TPSA) is 80.2 Å². The molecule has 5 heteroatoms. The normalized spacial score (nSPS) is 11.9. The molecule has 0 aromatic carbocycles. The van der Waals surface area contributed by atoms with Gasteiger partial charge in [-0.1, -0.05) is 0 Å². The van der Waals surface area contributed by atoms with Gasteiger partial charge in [-0.05, 0) is 0 Å². The molecule has 0 radical (unpaired) electrons. The number of quaternary nitrogens is 1. The molecule has 3 N–H and O–H groups in total. The van der Waals surface area contributed by atoms with Gasteiger partial charge in [0.2, 0.25) is 0 Å². The van der Waals surface area contributed by atoms with Crippen LogP contribution < -0.4 is 5.73 Å². The van der Waals surface area contributed by atoms with Crippen molar-refractivity contribution in [3.63, 3.8) is 0 Å². The molecule has 0 amide bonds. The third-order valence-corrected chi connectivity index (χ3v) is 1.18. The molecule has 0 fully saturated rings. The van der Waals surface area contributed by atoms with E-state index in [0.717, 1.165) is 0 Å². The Balaban J connectivity index is 3.77. The first-order chi connectivity index (χ1) is 5.11. The minimum Gasteiger partial charge on any atom is -0.469 e. The average Bonchev–Trinajstić information content (AvgIpc) is 2.02. The molecule has 0 saturated heterocycles. The van der Waals surface area contributed by atoms with Crippen LogP contribution in [0.25, 0.3) is 0 Å². The summed E-state index contributed by atoms with van der Waals surface area (Å²) in [6.45, 7) is 0. The molecule has 0 heterocycles. The van der Waals surface area contributed by atoms with E-state index in [1.165, 1.54) is 14.2 Å². The Morgan fingerprint density at radius 3 is 2.27 bits per heavy atom. The zero-order valence-corrected chi connectivity index (χ0v) is 6.62. The molecule has 0 aliphatic carbocycles. The zero-order valence-electron chi connectivity index (χ0n) is 6.62. The van der Waals surface area contributed by atoms with Crippen LogP contribution >= 0.6 is 0 Å². The van der Waals surface area contributed by atoms with Gasteiger partial charge in [0.05, 0.1) is 14.2 Å². The van der Waals surface area contributed by atoms with E-state index >= 15 is 0 Å². The fraction of sp³-hybridized carbons (Fsp3) is 0.667. The van der Waals surface area contributed by atoms with E-state index in [0.29, 0.717) is 0 Å². The van der Waals surface area contributed by atoms with Crippen LogP contribution in [0.1, 0.15) is 6.42 Å². The smallest absolute Gasteiger partial charge is 0.365 e. The number of rotatable bonds is 3. The van der Waals surface area contributed by atoms with Gasteiger partial charge in [0, 0.05) is 0 Å². The second-order valence-corrected chi connectivity index (χ2v) is 2.00. The second-order valence-electron chi connectivity index (χ2n) is 2.00. The van der Waals surface area contributed by atoms with Crippen LogP contribution in [0, 0.1) is 0 Å². The second kappa shape index (κ2) is 4.68. The minimum absolute atomic E-state index is 0.0385. The van der Waals surface area contributed by atoms with Crippen molar-refractivity contribution >= 4 is 11.9 Å². The van der Waals surface area contributed by atoms with Gasteiger partial charge in [-0.25, -0.2) is 4.79 Å². The number of carbonyl (C=O) groups excluding carboxylic acids is 2. The first-order valence-electron chi connectivity index (χ1n) is 3.09. The summed E-state index contributed by atoms with van der Waals surface area (Å²) < 4.78 is 8.68. The van der Waals surface area contributed by atoms with Crippen LogP contribution in [0.15, 0.2) is 0 Å². The number of ether oxygens (including phenoxy) is 2. The van der Waals surface area contributed by atoms with Crippen molar-refractivity contribution in [1.29, 1.82) is 0 Å².